The summed E-state index contributed by atoms with van der Waals surface area (Å²) in [4.78, 5) is 65.4. The standard InChI is InChI=1S/C34H66N4O16.C34H68N2O16.C24H48BrN3O11.ClH/c1-33(2,3)53-31(39)38(32(40)54-34(4,5)6)52-30-29-51-28-27-50-26-25-49-24-23-48-22-21-47-20-19-46-18-17-45-16-15-44-14-13-43-12-11-42-10-9-41-8-7-36-37-35;1-33(2,3)51-31(37)36(32(38)52-34(4,5)6)50-30-29-49-28-27-48-26-25-47-24-23-46-22-21-45-20-19-44-18-17-43-16-15-42-14-13-41-12-11-40-10-9-39-8-7-35;25-1-3-29-5-7-31-9-11-33-13-15-35-17-19-37-21-23-39-24-22-38-20-18-36-16-14-34-12-10-32-8-6-30-4-2-27-28-26;/h7-30H2,1-6H3;7-30,35H2,1-6H3;1-24H2;1H. The molecule has 0 aromatic carbocycles. The van der Waals surface area contributed by atoms with E-state index in [0.29, 0.717) is 453 Å². The van der Waals surface area contributed by atoms with Gasteiger partial charge in [0.1, 0.15) is 22.4 Å². The second kappa shape index (κ2) is 117. The molecule has 0 aliphatic heterocycles. The predicted octanol–water partition coefficient (Wildman–Crippen LogP) is 8.11. The second-order valence-electron chi connectivity index (χ2n) is 32.8. The number of hydrogen-bond donors (Lipinski definition) is 1. The van der Waals surface area contributed by atoms with Crippen molar-refractivity contribution in [3.05, 3.63) is 20.9 Å². The lowest BCUT2D eigenvalue weighted by molar-refractivity contribution is -0.148. The van der Waals surface area contributed by atoms with Crippen LogP contribution >= 0.6 is 28.3 Å². The van der Waals surface area contributed by atoms with Crippen LogP contribution in [-0.4, -0.2) is 531 Å². The highest BCUT2D eigenvalue weighted by Gasteiger charge is 2.34. The van der Waals surface area contributed by atoms with Crippen LogP contribution in [0.15, 0.2) is 10.2 Å². The number of carbonyl (C=O) groups excluding carboxylic acids is 4. The summed E-state index contributed by atoms with van der Waals surface area (Å²) in [5.74, 6) is 0. The number of imide groups is 2. The van der Waals surface area contributed by atoms with Crippen molar-refractivity contribution in [2.45, 2.75) is 105 Å². The SMILES string of the molecule is CC(C)(C)OC(=O)N(OCCOCCOCCOCCOCCOCCOCCOCCOCCOCCOCCOCCN)C(=O)OC(C)(C)C.CC(C)(C)OC(=O)N(OCCOCCOCCOCCOCCOCCOCCOCCOCCOCCOCCOCCN=[N+]=[N-])C(=O)OC(C)(C)C.Cl.[N-]=[N+]=NCCOCCOCCOCCOCCOCCOCCOCCOCCOCCOCCOCCBr. The van der Waals surface area contributed by atoms with Crippen LogP contribution in [0.3, 0.4) is 0 Å². The summed E-state index contributed by atoms with van der Waals surface area (Å²) in [6.45, 7) is 51.8. The third kappa shape index (κ3) is 130. The van der Waals surface area contributed by atoms with Gasteiger partial charge in [-0.1, -0.05) is 36.3 Å². The maximum absolute atomic E-state index is 12.4. The first kappa shape index (κ1) is 148. The third-order valence-corrected chi connectivity index (χ3v) is 15.9. The zero-order chi connectivity index (χ0) is 107. The number of hydroxylamine groups is 4. The van der Waals surface area contributed by atoms with Gasteiger partial charge in [-0.2, -0.15) is 0 Å². The summed E-state index contributed by atoms with van der Waals surface area (Å²) in [5, 5.41) is 8.49. The van der Waals surface area contributed by atoms with Crippen molar-refractivity contribution < 1.29 is 204 Å². The van der Waals surface area contributed by atoms with Gasteiger partial charge in [0.05, 0.1) is 449 Å². The monoisotopic (exact) mass is 2220 g/mol. The number of nitrogens with two attached hydrogens (primary N) is 1. The average Bonchev–Trinajstić information content (AvgIpc) is 0.865. The van der Waals surface area contributed by atoms with Crippen molar-refractivity contribution in [2.75, 3.05) is 474 Å². The highest BCUT2D eigenvalue weighted by molar-refractivity contribution is 9.09. The topological polar surface area (TPSA) is 558 Å². The van der Waals surface area contributed by atoms with Crippen molar-refractivity contribution >= 4 is 52.7 Å². The van der Waals surface area contributed by atoms with Crippen molar-refractivity contribution in [3.8, 4) is 0 Å². The number of hydrogen-bond acceptors (Lipinski definition) is 46. The van der Waals surface area contributed by atoms with E-state index in [1.807, 2.05) is 0 Å². The lowest BCUT2D eigenvalue weighted by atomic mass is 10.2. The van der Waals surface area contributed by atoms with Crippen LogP contribution in [0.2, 0.25) is 0 Å². The Kier molecular flexibility index (Phi) is 119. The molecular weight excluding hydrogens is 2030 g/mol. The van der Waals surface area contributed by atoms with E-state index >= 15 is 0 Å². The molecule has 0 bridgehead atoms. The molecule has 0 saturated carbocycles. The van der Waals surface area contributed by atoms with Crippen LogP contribution in [0.5, 0.6) is 0 Å². The highest BCUT2D eigenvalue weighted by Crippen LogP contribution is 2.17. The van der Waals surface area contributed by atoms with E-state index in [1.165, 1.54) is 0 Å². The van der Waals surface area contributed by atoms with Gasteiger partial charge in [-0.25, -0.2) is 19.2 Å². The zero-order valence-corrected chi connectivity index (χ0v) is 91.8. The molecule has 0 aliphatic rings. The maximum atomic E-state index is 12.4. The summed E-state index contributed by atoms with van der Waals surface area (Å²) >= 11 is 3.29. The molecule has 2 N–H and O–H groups in total. The Morgan fingerprint density at radius 3 is 0.425 bits per heavy atom. The fourth-order valence-electron chi connectivity index (χ4n) is 9.29. The van der Waals surface area contributed by atoms with Crippen LogP contribution in [0.4, 0.5) is 19.2 Å². The number of rotatable bonds is 108. The van der Waals surface area contributed by atoms with E-state index in [2.05, 4.69) is 36.0 Å². The van der Waals surface area contributed by atoms with E-state index in [9.17, 15) is 19.2 Å². The minimum atomic E-state index is -0.974. The molecule has 0 rings (SSSR count). The van der Waals surface area contributed by atoms with Crippen LogP contribution < -0.4 is 5.73 Å². The molecule has 0 aliphatic carbocycles. The average molecular weight is 2220 g/mol. The predicted molar refractivity (Wildman–Crippen MR) is 536 cm³/mol. The van der Waals surface area contributed by atoms with Crippen molar-refractivity contribution in [1.29, 1.82) is 0 Å². The van der Waals surface area contributed by atoms with Crippen LogP contribution in [-0.2, 0) is 185 Å². The molecule has 868 valence electrons. The molecule has 146 heavy (non-hydrogen) atoms. The first-order chi connectivity index (χ1) is 70.3. The third-order valence-electron chi connectivity index (χ3n) is 15.6. The van der Waals surface area contributed by atoms with Crippen molar-refractivity contribution in [1.82, 2.24) is 10.1 Å². The first-order valence-corrected chi connectivity index (χ1v) is 50.6. The number of nitrogens with zero attached hydrogens (tertiary/aromatic N) is 8. The van der Waals surface area contributed by atoms with E-state index in [0.717, 1.165) is 5.33 Å². The number of amides is 4. The van der Waals surface area contributed by atoms with Crippen molar-refractivity contribution in [2.24, 2.45) is 16.0 Å². The summed E-state index contributed by atoms with van der Waals surface area (Å²) in [7, 11) is 0. The van der Waals surface area contributed by atoms with E-state index in [-0.39, 0.29) is 38.8 Å². The molecule has 0 atom stereocenters. The molecule has 52 nitrogen and oxygen atoms in total. The number of azide groups is 2. The Morgan fingerprint density at radius 2 is 0.315 bits per heavy atom. The Hall–Kier alpha value is -4.57. The normalized spacial score (nSPS) is 11.6. The number of alkyl halides is 1. The largest absolute Gasteiger partial charge is 0.444 e. The molecule has 0 aromatic rings. The van der Waals surface area contributed by atoms with Gasteiger partial charge in [0.25, 0.3) is 0 Å². The molecule has 4 amide bonds. The fourth-order valence-corrected chi connectivity index (χ4v) is 9.52. The minimum absolute atomic E-state index is 0. The molecule has 0 unspecified atom stereocenters. The lowest BCUT2D eigenvalue weighted by Crippen LogP contribution is -2.44. The molecule has 0 fully saturated rings. The fraction of sp³-hybridized carbons (Fsp3) is 0.957. The Bertz CT molecular complexity index is 2770. The van der Waals surface area contributed by atoms with E-state index in [4.69, 9.17) is 202 Å². The van der Waals surface area contributed by atoms with Gasteiger partial charge in [-0.15, -0.1) is 12.4 Å². The van der Waals surface area contributed by atoms with Gasteiger partial charge in [0.15, 0.2) is 0 Å². The van der Waals surface area contributed by atoms with E-state index in [1.54, 1.807) is 83.1 Å². The van der Waals surface area contributed by atoms with Gasteiger partial charge >= 0.3 is 24.4 Å². The van der Waals surface area contributed by atoms with Crippen molar-refractivity contribution in [3.63, 3.8) is 0 Å². The molecular formula is C92H183BrClN9O43. The summed E-state index contributed by atoms with van der Waals surface area (Å²) in [6.07, 6.45) is -3.89. The quantitative estimate of drug-likeness (QED) is 0.0114. The smallest absolute Gasteiger partial charge is 0.442 e. The highest BCUT2D eigenvalue weighted by atomic mass is 79.9. The second-order valence-corrected chi connectivity index (χ2v) is 33.6. The molecule has 0 aromatic heterocycles. The van der Waals surface area contributed by atoms with Gasteiger partial charge < -0.3 is 181 Å². The van der Waals surface area contributed by atoms with Gasteiger partial charge in [0, 0.05) is 34.8 Å². The van der Waals surface area contributed by atoms with Gasteiger partial charge in [-0.3, -0.25) is 9.68 Å². The Morgan fingerprint density at radius 1 is 0.205 bits per heavy atom. The number of carbonyl (C=O) groups is 4. The molecule has 54 heteroatoms. The number of halogens is 2. The summed E-state index contributed by atoms with van der Waals surface area (Å²) in [6, 6.07) is 0. The number of ether oxygens (including phenoxy) is 37. The van der Waals surface area contributed by atoms with E-state index < -0.39 is 46.8 Å². The summed E-state index contributed by atoms with van der Waals surface area (Å²) < 4.78 is 199. The van der Waals surface area contributed by atoms with Crippen LogP contribution in [0.1, 0.15) is 83.1 Å². The molecule has 0 radical (unpaired) electrons. The molecule has 0 spiro atoms. The van der Waals surface area contributed by atoms with Crippen LogP contribution in [0.25, 0.3) is 20.9 Å². The molecule has 0 saturated heterocycles. The maximum Gasteiger partial charge on any atom is 0.444 e. The Balaban J connectivity index is -0.00000105. The first-order valence-electron chi connectivity index (χ1n) is 49.4. The summed E-state index contributed by atoms with van der Waals surface area (Å²) in [5.41, 5.74) is 18.3. The van der Waals surface area contributed by atoms with Gasteiger partial charge in [-0.05, 0) is 94.1 Å². The van der Waals surface area contributed by atoms with Crippen LogP contribution in [0, 0.1) is 0 Å². The Labute approximate surface area is 879 Å². The zero-order valence-electron chi connectivity index (χ0n) is 89.4. The minimum Gasteiger partial charge on any atom is -0.442 e. The van der Waals surface area contributed by atoms with Gasteiger partial charge in [0.2, 0.25) is 0 Å². The molecule has 0 heterocycles. The lowest BCUT2D eigenvalue weighted by Gasteiger charge is -2.27.